The lowest BCUT2D eigenvalue weighted by Gasteiger charge is -2.28. The molecule has 1 fully saturated rings. The summed E-state index contributed by atoms with van der Waals surface area (Å²) in [5.41, 5.74) is 8.80. The number of ether oxygens (including phenoxy) is 1. The Labute approximate surface area is 133 Å². The standard InChI is InChI=1S/C17H17N5O/c18-16-17(22-7-9-23-10-8-22)21-15(11-20-16)13-3-1-5-14-12(13)4-2-6-19-14/h1-6,11H,7-10H2,(H2,18,20). The topological polar surface area (TPSA) is 77.2 Å². The fourth-order valence-corrected chi connectivity index (χ4v) is 2.85. The molecule has 0 spiro atoms. The van der Waals surface area contributed by atoms with E-state index in [9.17, 15) is 0 Å². The van der Waals surface area contributed by atoms with Crippen molar-refractivity contribution in [3.8, 4) is 11.3 Å². The van der Waals surface area contributed by atoms with Crippen molar-refractivity contribution < 1.29 is 4.74 Å². The van der Waals surface area contributed by atoms with E-state index in [1.165, 1.54) is 0 Å². The molecule has 6 nitrogen and oxygen atoms in total. The van der Waals surface area contributed by atoms with Crippen LogP contribution in [0.1, 0.15) is 0 Å². The van der Waals surface area contributed by atoms with Crippen LogP contribution < -0.4 is 10.6 Å². The van der Waals surface area contributed by atoms with Crippen LogP contribution >= 0.6 is 0 Å². The van der Waals surface area contributed by atoms with Crippen LogP contribution in [-0.4, -0.2) is 41.3 Å². The predicted molar refractivity (Wildman–Crippen MR) is 90.2 cm³/mol. The van der Waals surface area contributed by atoms with Crippen molar-refractivity contribution in [1.82, 2.24) is 15.0 Å². The third-order valence-electron chi connectivity index (χ3n) is 4.01. The summed E-state index contributed by atoms with van der Waals surface area (Å²) in [5.74, 6) is 1.18. The zero-order valence-electron chi connectivity index (χ0n) is 12.6. The highest BCUT2D eigenvalue weighted by Crippen LogP contribution is 2.29. The van der Waals surface area contributed by atoms with Crippen LogP contribution in [0.25, 0.3) is 22.2 Å². The summed E-state index contributed by atoms with van der Waals surface area (Å²) >= 11 is 0. The maximum Gasteiger partial charge on any atom is 0.172 e. The summed E-state index contributed by atoms with van der Waals surface area (Å²) in [5, 5.41) is 1.06. The molecule has 0 amide bonds. The van der Waals surface area contributed by atoms with Crippen molar-refractivity contribution in [2.45, 2.75) is 0 Å². The second-order valence-corrected chi connectivity index (χ2v) is 5.44. The second kappa shape index (κ2) is 5.81. The van der Waals surface area contributed by atoms with E-state index in [0.29, 0.717) is 19.0 Å². The molecule has 6 heteroatoms. The van der Waals surface area contributed by atoms with Gasteiger partial charge in [0.05, 0.1) is 30.6 Å². The summed E-state index contributed by atoms with van der Waals surface area (Å²) in [4.78, 5) is 15.6. The van der Waals surface area contributed by atoms with Gasteiger partial charge in [-0.15, -0.1) is 0 Å². The first-order valence-electron chi connectivity index (χ1n) is 7.62. The number of anilines is 2. The number of hydrogen-bond donors (Lipinski definition) is 1. The first kappa shape index (κ1) is 13.9. The Morgan fingerprint density at radius 2 is 1.91 bits per heavy atom. The van der Waals surface area contributed by atoms with Crippen molar-refractivity contribution in [2.24, 2.45) is 0 Å². The quantitative estimate of drug-likeness (QED) is 0.781. The molecule has 1 saturated heterocycles. The summed E-state index contributed by atoms with van der Waals surface area (Å²) in [7, 11) is 0. The summed E-state index contributed by atoms with van der Waals surface area (Å²) in [6.07, 6.45) is 3.51. The normalized spacial score (nSPS) is 15.0. The van der Waals surface area contributed by atoms with Gasteiger partial charge in [-0.2, -0.15) is 0 Å². The Morgan fingerprint density at radius 1 is 1.04 bits per heavy atom. The van der Waals surface area contributed by atoms with E-state index in [0.717, 1.165) is 41.1 Å². The van der Waals surface area contributed by atoms with Crippen molar-refractivity contribution in [3.05, 3.63) is 42.7 Å². The van der Waals surface area contributed by atoms with Crippen LogP contribution in [0.3, 0.4) is 0 Å². The van der Waals surface area contributed by atoms with E-state index >= 15 is 0 Å². The molecule has 0 radical (unpaired) electrons. The highest BCUT2D eigenvalue weighted by molar-refractivity contribution is 5.93. The molecule has 0 aliphatic carbocycles. The minimum Gasteiger partial charge on any atom is -0.381 e. The number of hydrogen-bond acceptors (Lipinski definition) is 6. The van der Waals surface area contributed by atoms with Gasteiger partial charge in [-0.1, -0.05) is 18.2 Å². The number of benzene rings is 1. The maximum atomic E-state index is 6.04. The Hall–Kier alpha value is -2.73. The number of pyridine rings is 1. The number of nitrogens with zero attached hydrogens (tertiary/aromatic N) is 4. The fraction of sp³-hybridized carbons (Fsp3) is 0.235. The monoisotopic (exact) mass is 307 g/mol. The van der Waals surface area contributed by atoms with E-state index in [4.69, 9.17) is 15.5 Å². The van der Waals surface area contributed by atoms with E-state index < -0.39 is 0 Å². The van der Waals surface area contributed by atoms with E-state index in [2.05, 4.69) is 14.9 Å². The summed E-state index contributed by atoms with van der Waals surface area (Å²) in [6.45, 7) is 2.92. The molecule has 2 aromatic heterocycles. The first-order chi connectivity index (χ1) is 11.3. The Kier molecular flexibility index (Phi) is 3.51. The van der Waals surface area contributed by atoms with Crippen LogP contribution in [0.15, 0.2) is 42.7 Å². The average molecular weight is 307 g/mol. The SMILES string of the molecule is Nc1ncc(-c2cccc3ncccc23)nc1N1CCOCC1. The van der Waals surface area contributed by atoms with Gasteiger partial charge in [0.2, 0.25) is 0 Å². The molecule has 1 aromatic carbocycles. The van der Waals surface area contributed by atoms with Crippen LogP contribution in [0.2, 0.25) is 0 Å². The fourth-order valence-electron chi connectivity index (χ4n) is 2.85. The number of nitrogen functional groups attached to an aromatic ring is 1. The molecule has 0 atom stereocenters. The highest BCUT2D eigenvalue weighted by Gasteiger charge is 2.17. The Bertz CT molecular complexity index is 840. The van der Waals surface area contributed by atoms with E-state index in [1.807, 2.05) is 30.3 Å². The molecular formula is C17H17N5O. The summed E-state index contributed by atoms with van der Waals surface area (Å²) in [6, 6.07) is 9.99. The molecule has 3 heterocycles. The number of nitrogens with two attached hydrogens (primary N) is 1. The number of rotatable bonds is 2. The van der Waals surface area contributed by atoms with Crippen LogP contribution in [0.4, 0.5) is 11.6 Å². The molecule has 1 aliphatic heterocycles. The lowest BCUT2D eigenvalue weighted by Crippen LogP contribution is -2.37. The van der Waals surface area contributed by atoms with Crippen LogP contribution in [0.5, 0.6) is 0 Å². The molecule has 4 rings (SSSR count). The van der Waals surface area contributed by atoms with Crippen molar-refractivity contribution in [3.63, 3.8) is 0 Å². The molecule has 23 heavy (non-hydrogen) atoms. The van der Waals surface area contributed by atoms with E-state index in [1.54, 1.807) is 12.4 Å². The minimum absolute atomic E-state index is 0.453. The number of fused-ring (bicyclic) bond motifs is 1. The smallest absolute Gasteiger partial charge is 0.172 e. The first-order valence-corrected chi connectivity index (χ1v) is 7.62. The third kappa shape index (κ3) is 2.57. The van der Waals surface area contributed by atoms with Gasteiger partial charge in [0.15, 0.2) is 11.6 Å². The largest absolute Gasteiger partial charge is 0.381 e. The Morgan fingerprint density at radius 3 is 2.78 bits per heavy atom. The molecule has 0 unspecified atom stereocenters. The van der Waals surface area contributed by atoms with Gasteiger partial charge < -0.3 is 15.4 Å². The molecule has 2 N–H and O–H groups in total. The maximum absolute atomic E-state index is 6.04. The summed E-state index contributed by atoms with van der Waals surface area (Å²) < 4.78 is 5.39. The molecular weight excluding hydrogens is 290 g/mol. The lowest BCUT2D eigenvalue weighted by atomic mass is 10.1. The van der Waals surface area contributed by atoms with Gasteiger partial charge in [-0.3, -0.25) is 4.98 Å². The predicted octanol–water partition coefficient (Wildman–Crippen LogP) is 2.11. The van der Waals surface area contributed by atoms with Gasteiger partial charge in [-0.25, -0.2) is 9.97 Å². The zero-order chi connectivity index (χ0) is 15.6. The van der Waals surface area contributed by atoms with E-state index in [-0.39, 0.29) is 0 Å². The molecule has 1 aliphatic rings. The molecule has 0 bridgehead atoms. The van der Waals surface area contributed by atoms with Crippen LogP contribution in [-0.2, 0) is 4.74 Å². The average Bonchev–Trinajstić information content (AvgIpc) is 2.62. The molecule has 3 aromatic rings. The minimum atomic E-state index is 0.453. The molecule has 0 saturated carbocycles. The van der Waals surface area contributed by atoms with Gasteiger partial charge in [-0.05, 0) is 12.1 Å². The van der Waals surface area contributed by atoms with Gasteiger partial charge in [0, 0.05) is 30.2 Å². The van der Waals surface area contributed by atoms with Gasteiger partial charge >= 0.3 is 0 Å². The molecule has 116 valence electrons. The zero-order valence-corrected chi connectivity index (χ0v) is 12.6. The lowest BCUT2D eigenvalue weighted by molar-refractivity contribution is 0.122. The third-order valence-corrected chi connectivity index (χ3v) is 4.01. The van der Waals surface area contributed by atoms with Gasteiger partial charge in [0.25, 0.3) is 0 Å². The second-order valence-electron chi connectivity index (χ2n) is 5.44. The van der Waals surface area contributed by atoms with Crippen molar-refractivity contribution >= 4 is 22.5 Å². The number of morpholine rings is 1. The van der Waals surface area contributed by atoms with Crippen LogP contribution in [0, 0.1) is 0 Å². The van der Waals surface area contributed by atoms with Crippen molar-refractivity contribution in [1.29, 1.82) is 0 Å². The highest BCUT2D eigenvalue weighted by atomic mass is 16.5. The Balaban J connectivity index is 1.82. The van der Waals surface area contributed by atoms with Gasteiger partial charge in [0.1, 0.15) is 0 Å². The number of aromatic nitrogens is 3. The van der Waals surface area contributed by atoms with Crippen molar-refractivity contribution in [2.75, 3.05) is 36.9 Å².